The van der Waals surface area contributed by atoms with Crippen LogP contribution in [0.3, 0.4) is 0 Å². The Morgan fingerprint density at radius 1 is 0.808 bits per heavy atom. The predicted molar refractivity (Wildman–Crippen MR) is 369 cm³/mol. The number of aromatic hydroxyl groups is 1. The van der Waals surface area contributed by atoms with Crippen LogP contribution in [0, 0.1) is 57.8 Å². The molecule has 4 aromatic rings. The van der Waals surface area contributed by atoms with E-state index in [0.717, 1.165) is 55.9 Å². The van der Waals surface area contributed by atoms with Crippen molar-refractivity contribution in [2.45, 2.75) is 246 Å². The van der Waals surface area contributed by atoms with Gasteiger partial charge in [0, 0.05) is 41.3 Å². The summed E-state index contributed by atoms with van der Waals surface area (Å²) in [5.41, 5.74) is -8.61. The number of amides is 7. The van der Waals surface area contributed by atoms with Crippen molar-refractivity contribution in [3.63, 3.8) is 0 Å². The summed E-state index contributed by atoms with van der Waals surface area (Å²) in [5, 5.41) is 117. The zero-order valence-corrected chi connectivity index (χ0v) is 58.8. The molecule has 99 heavy (non-hydrogen) atoms. The Bertz CT molecular complexity index is 4370. The van der Waals surface area contributed by atoms with Gasteiger partial charge in [0.2, 0.25) is 29.5 Å². The maximum Gasteiger partial charge on any atom is 0.252 e. The van der Waals surface area contributed by atoms with E-state index in [-0.39, 0.29) is 31.1 Å². The SMILES string of the molecule is [2H]c1c([2H])c([C@]([2H])(O)[C@@]([2H])(O)[C@]2([2H])NC(=O)[C@@]3(C)N(C(=O)[C@](C)([C@]([2H])(O)C([2H])([2H])C)NC(=O)[C@@]([2H])(NC(=O)c4ccc(-c5ccc(-c6ccc(OC(C)CC(C)CC)cc6C)cc5C)cc4C)C(C)[C@@H](O)[C@@H](OO)NC(=O)[C@@H]4[C@@H](O)[C@@](C)(C(C)C)C(C)N4C(=O)[C@H]([C@H](O)CC)NC2=O)C([2H])([2H])[C@]([2H])(O)C3([2H])[2H])c(C)c(C)c1O. The highest BCUT2D eigenvalue weighted by molar-refractivity contribution is 6.03. The fraction of sp³-hybridized carbons (Fsp3) is 0.581. The van der Waals surface area contributed by atoms with Crippen LogP contribution in [-0.2, 0) is 33.7 Å². The maximum atomic E-state index is 16.3. The largest absolute Gasteiger partial charge is 0.508 e. The highest BCUT2D eigenvalue weighted by atomic mass is 17.1. The molecule has 3 saturated heterocycles. The number of β-amino-alcohol motifs (C(OH)–C–C–N with tert-alkyl or cyclic N) is 1. The average molecular weight is 1390 g/mol. The first kappa shape index (κ1) is 60.2. The van der Waals surface area contributed by atoms with Gasteiger partial charge < -0.3 is 82.0 Å². The lowest BCUT2D eigenvalue weighted by atomic mass is 9.71. The number of carbonyl (C=O) groups is 7. The van der Waals surface area contributed by atoms with Crippen molar-refractivity contribution >= 4 is 41.4 Å². The molecule has 544 valence electrons. The summed E-state index contributed by atoms with van der Waals surface area (Å²) in [6.07, 6.45) is -36.0. The van der Waals surface area contributed by atoms with Gasteiger partial charge in [-0.05, 0) is 173 Å². The first-order valence-electron chi connectivity index (χ1n) is 39.7. The number of nitrogens with zero attached hydrogens (tertiary/aromatic N) is 2. The van der Waals surface area contributed by atoms with Crippen LogP contribution in [0.2, 0.25) is 0 Å². The number of fused-ring (bicyclic) bond motifs is 2. The standard InChI is InChI=1S/C74H105N7O18/c1-18-36(6)29-40(10)98-48-23-26-50(39(9)32-48)45-21-24-49(37(7)30-45)46-22-25-51(38(8)31-46)64(90)75-56-43(13)60(86)68(99-97)78-67(93)59-63(89)73(16,35(4)5)44(14)81(59)69(94)57(53(83)19-2)76-65(91)58(62(88)61(87)52-27-28-54(84)42(12)41(52)11)77-70(95)72(15)33-47(82)34-80(72)71(96)74(17,55(85)20-3)79-66(56)92/h21-28,30-32,35-36,40,43-44,47,53,55-63,68,82-89,97H,18-20,29,33-34H2,1-17H3,(H,75,90)(H,76,91)(H,77,95)(H,78,93)(H,79,92)/t36?,40?,43?,44?,47-,53-,55-,56+,57+,58+,59+,60-,61+,62+,63-,68-,72+,73+,74+/m1/s1/i20D2,27D,28D,33D2,34D2,47D,55D,56D,58D,61D,62D. The number of benzene rings is 4. The summed E-state index contributed by atoms with van der Waals surface area (Å²) in [4.78, 5) is 115. The van der Waals surface area contributed by atoms with Gasteiger partial charge in [0.1, 0.15) is 65.0 Å². The van der Waals surface area contributed by atoms with Crippen molar-refractivity contribution in [1.82, 2.24) is 36.4 Å². The smallest absolute Gasteiger partial charge is 0.252 e. The highest BCUT2D eigenvalue weighted by Gasteiger charge is 2.62. The van der Waals surface area contributed by atoms with Gasteiger partial charge in [-0.2, -0.15) is 0 Å². The first-order valence-corrected chi connectivity index (χ1v) is 32.7. The number of aryl methyl sites for hydroxylation is 3. The molecule has 25 nitrogen and oxygen atoms in total. The third-order valence-corrected chi connectivity index (χ3v) is 20.1. The molecule has 3 fully saturated rings. The second kappa shape index (κ2) is 31.5. The number of aliphatic hydroxyl groups excluding tert-OH is 3. The van der Waals surface area contributed by atoms with Gasteiger partial charge in [-0.3, -0.25) is 33.6 Å². The number of phenols is 1. The molecule has 3 heterocycles. The molecule has 0 saturated carbocycles. The maximum absolute atomic E-state index is 16.3. The van der Waals surface area contributed by atoms with Crippen LogP contribution in [0.15, 0.2) is 66.7 Å². The van der Waals surface area contributed by atoms with Crippen LogP contribution in [0.1, 0.15) is 184 Å². The van der Waals surface area contributed by atoms with Crippen LogP contribution in [0.5, 0.6) is 11.5 Å². The molecule has 3 aliphatic heterocycles. The summed E-state index contributed by atoms with van der Waals surface area (Å²) in [7, 11) is 0. The molecule has 0 aromatic heterocycles. The third-order valence-electron chi connectivity index (χ3n) is 20.1. The molecule has 0 radical (unpaired) electrons. The van der Waals surface area contributed by atoms with Gasteiger partial charge in [-0.1, -0.05) is 104 Å². The minimum Gasteiger partial charge on any atom is -0.508 e. The number of hydrogen-bond donors (Lipinski definition) is 14. The van der Waals surface area contributed by atoms with E-state index >= 15 is 33.6 Å². The number of carbonyl (C=O) groups excluding carboxylic acids is 7. The van der Waals surface area contributed by atoms with Crippen molar-refractivity contribution in [2.75, 3.05) is 6.50 Å². The zero-order valence-electron chi connectivity index (χ0n) is 72.8. The second-order valence-electron chi connectivity index (χ2n) is 26.9. The monoisotopic (exact) mass is 1390 g/mol. The van der Waals surface area contributed by atoms with Crippen molar-refractivity contribution < 1.29 is 108 Å². The normalized spacial score (nSPS) is 35.8. The third kappa shape index (κ3) is 15.7. The predicted octanol–water partition coefficient (Wildman–Crippen LogP) is 4.97. The van der Waals surface area contributed by atoms with Crippen LogP contribution in [0.25, 0.3) is 22.3 Å². The lowest BCUT2D eigenvalue weighted by Crippen LogP contribution is -2.71. The Morgan fingerprint density at radius 3 is 1.98 bits per heavy atom. The molecular formula is C74H105N7O18. The molecule has 14 N–H and O–H groups in total. The molecule has 7 amide bonds. The molecule has 0 aliphatic carbocycles. The molecule has 3 aliphatic rings. The number of ether oxygens (including phenoxy) is 1. The Morgan fingerprint density at radius 2 is 1.41 bits per heavy atom. The quantitative estimate of drug-likeness (QED) is 0.0462. The van der Waals surface area contributed by atoms with Gasteiger partial charge >= 0.3 is 0 Å². The van der Waals surface area contributed by atoms with Crippen LogP contribution in [-0.4, -0.2) is 194 Å². The summed E-state index contributed by atoms with van der Waals surface area (Å²) >= 11 is 0. The summed E-state index contributed by atoms with van der Waals surface area (Å²) in [6.45, 7) is 17.0. The number of aliphatic hydroxyl groups is 7. The molecule has 25 heteroatoms. The van der Waals surface area contributed by atoms with Gasteiger partial charge in [0.15, 0.2) is 6.23 Å². The van der Waals surface area contributed by atoms with Crippen molar-refractivity contribution in [1.29, 1.82) is 0 Å². The minimum absolute atomic E-state index is 0.0327. The Labute approximate surface area is 599 Å². The second-order valence-corrected chi connectivity index (χ2v) is 26.9. The summed E-state index contributed by atoms with van der Waals surface area (Å²) < 4.78 is 136. The Hall–Kier alpha value is -7.59. The van der Waals surface area contributed by atoms with E-state index in [1.54, 1.807) is 5.32 Å². The molecule has 0 spiro atoms. The van der Waals surface area contributed by atoms with Crippen molar-refractivity contribution in [2.24, 2.45) is 23.2 Å². The minimum atomic E-state index is -5.04. The average Bonchev–Trinajstić information content (AvgIpc) is 1.45. The number of hydrogen-bond acceptors (Lipinski definition) is 18. The van der Waals surface area contributed by atoms with E-state index in [1.807, 2.05) is 62.5 Å². The number of rotatable bonds is 18. The highest BCUT2D eigenvalue weighted by Crippen LogP contribution is 2.47. The molecule has 4 aromatic carbocycles. The fourth-order valence-corrected chi connectivity index (χ4v) is 12.9. The van der Waals surface area contributed by atoms with E-state index in [4.69, 9.17) is 11.6 Å². The lowest BCUT2D eigenvalue weighted by Gasteiger charge is -2.43. The fourth-order valence-electron chi connectivity index (χ4n) is 12.9. The molecule has 7 rings (SSSR count). The topological polar surface area (TPSA) is 387 Å². The van der Waals surface area contributed by atoms with E-state index in [2.05, 4.69) is 29.4 Å². The van der Waals surface area contributed by atoms with Crippen LogP contribution >= 0.6 is 0 Å². The molecule has 4 unspecified atom stereocenters. The van der Waals surface area contributed by atoms with Crippen molar-refractivity contribution in [3.05, 3.63) is 106 Å². The van der Waals surface area contributed by atoms with Gasteiger partial charge in [0.05, 0.1) is 44.2 Å². The summed E-state index contributed by atoms with van der Waals surface area (Å²) in [5.74, 6) is -18.2. The Balaban J connectivity index is 1.50. The first-order chi connectivity index (χ1) is 51.4. The van der Waals surface area contributed by atoms with E-state index < -0.39 is 214 Å². The molecular weight excluding hydrogens is 1270 g/mol. The van der Waals surface area contributed by atoms with Gasteiger partial charge in [-0.25, -0.2) is 10.1 Å². The summed E-state index contributed by atoms with van der Waals surface area (Å²) in [6, 6.07) is -2.46. The van der Waals surface area contributed by atoms with Gasteiger partial charge in [-0.15, -0.1) is 0 Å². The lowest BCUT2D eigenvalue weighted by molar-refractivity contribution is -0.307. The molecule has 0 bridgehead atoms. The van der Waals surface area contributed by atoms with Gasteiger partial charge in [0.25, 0.3) is 11.8 Å². The number of phenolic OH excluding ortho intramolecular Hbond substituents is 1. The van der Waals surface area contributed by atoms with Crippen molar-refractivity contribution in [3.8, 4) is 33.8 Å². The zero-order chi connectivity index (χ0) is 86.6. The van der Waals surface area contributed by atoms with E-state index in [1.165, 1.54) is 65.1 Å². The van der Waals surface area contributed by atoms with E-state index in [9.17, 15) is 58.4 Å². The Kier molecular flexibility index (Phi) is 19.2. The molecule has 19 atom stereocenters. The van der Waals surface area contributed by atoms with Crippen LogP contribution in [0.4, 0.5) is 0 Å². The van der Waals surface area contributed by atoms with Crippen LogP contribution < -0.4 is 31.3 Å². The van der Waals surface area contributed by atoms with E-state index in [0.29, 0.717) is 34.6 Å². The number of nitrogens with one attached hydrogen (secondary N) is 5.